The van der Waals surface area contributed by atoms with Crippen molar-refractivity contribution in [1.82, 2.24) is 19.6 Å². The normalized spacial score (nSPS) is 15.4. The van der Waals surface area contributed by atoms with E-state index in [9.17, 15) is 25.2 Å². The number of hydrogen-bond acceptors (Lipinski definition) is 12. The number of esters is 1. The Morgan fingerprint density at radius 1 is 0.398 bits per heavy atom. The second-order valence-corrected chi connectivity index (χ2v) is 28.3. The minimum absolute atomic E-state index is 0.148. The fourth-order valence-corrected chi connectivity index (χ4v) is 13.7. The first kappa shape index (κ1) is 84.3. The van der Waals surface area contributed by atoms with Gasteiger partial charge >= 0.3 is 5.97 Å². The van der Waals surface area contributed by atoms with E-state index in [0.717, 1.165) is 186 Å². The summed E-state index contributed by atoms with van der Waals surface area (Å²) in [6, 6.07) is 0. The third-order valence-electron chi connectivity index (χ3n) is 17.1. The Kier molecular flexibility index (Phi) is 63.9. The summed E-state index contributed by atoms with van der Waals surface area (Å²) in [4.78, 5) is 22.4. The van der Waals surface area contributed by atoms with Crippen molar-refractivity contribution in [2.45, 2.75) is 309 Å². The number of hydrogen-bond donors (Lipinski definition) is 4. The second-order valence-electron chi connectivity index (χ2n) is 25.6. The molecule has 1 heterocycles. The van der Waals surface area contributed by atoms with Gasteiger partial charge in [-0.05, 0) is 122 Å². The Morgan fingerprint density at radius 3 is 1.15 bits per heavy atom. The Morgan fingerprint density at radius 2 is 0.739 bits per heavy atom. The van der Waals surface area contributed by atoms with E-state index >= 15 is 0 Å². The molecular weight excluding hydrogens is 1130 g/mol. The summed E-state index contributed by atoms with van der Waals surface area (Å²) >= 11 is 0. The monoisotopic (exact) mass is 1270 g/mol. The Hall–Kier alpha value is -1.71. The van der Waals surface area contributed by atoms with Crippen LogP contribution in [0.25, 0.3) is 0 Å². The average molecular weight is 1270 g/mol. The molecular formula is C76H142N4O6S2. The lowest BCUT2D eigenvalue weighted by atomic mass is 10.0. The zero-order valence-electron chi connectivity index (χ0n) is 57.8. The van der Waals surface area contributed by atoms with Gasteiger partial charge in [-0.2, -0.15) is 0 Å². The number of ether oxygens (including phenoxy) is 1. The maximum Gasteiger partial charge on any atom is 0.305 e. The van der Waals surface area contributed by atoms with Gasteiger partial charge in [-0.25, -0.2) is 0 Å². The van der Waals surface area contributed by atoms with Crippen molar-refractivity contribution in [2.75, 3.05) is 96.6 Å². The van der Waals surface area contributed by atoms with Gasteiger partial charge in [0.05, 0.1) is 24.4 Å². The van der Waals surface area contributed by atoms with Crippen LogP contribution in [0.5, 0.6) is 0 Å². The van der Waals surface area contributed by atoms with Crippen LogP contribution in [0.2, 0.25) is 0 Å². The highest BCUT2D eigenvalue weighted by atomic mass is 33.1. The van der Waals surface area contributed by atoms with Crippen LogP contribution in [-0.2, 0) is 9.53 Å². The van der Waals surface area contributed by atoms with Crippen molar-refractivity contribution < 1.29 is 30.0 Å². The Balaban J connectivity index is 2.41. The molecule has 0 aliphatic carbocycles. The highest BCUT2D eigenvalue weighted by Gasteiger charge is 2.20. The minimum Gasteiger partial charge on any atom is -0.464 e. The molecule has 0 bridgehead atoms. The maximum atomic E-state index is 12.9. The van der Waals surface area contributed by atoms with Crippen LogP contribution in [-0.4, -0.2) is 167 Å². The van der Waals surface area contributed by atoms with Gasteiger partial charge in [0.25, 0.3) is 0 Å². The van der Waals surface area contributed by atoms with E-state index in [-0.39, 0.29) is 18.2 Å². The van der Waals surface area contributed by atoms with Crippen molar-refractivity contribution in [2.24, 2.45) is 0 Å². The fraction of sp³-hybridized carbons (Fsp3) is 0.829. The van der Waals surface area contributed by atoms with Gasteiger partial charge in [0.15, 0.2) is 0 Å². The van der Waals surface area contributed by atoms with Gasteiger partial charge in [-0.15, -0.1) is 0 Å². The van der Waals surface area contributed by atoms with Crippen molar-refractivity contribution in [1.29, 1.82) is 0 Å². The maximum absolute atomic E-state index is 12.9. The Bertz CT molecular complexity index is 1570. The number of carbonyl (C=O) groups excluding carboxylic acids is 1. The van der Waals surface area contributed by atoms with Gasteiger partial charge in [-0.1, -0.05) is 263 Å². The number of carbonyl (C=O) groups is 1. The summed E-state index contributed by atoms with van der Waals surface area (Å²) in [5.74, 6) is 2.08. The molecule has 0 saturated carbocycles. The average Bonchev–Trinajstić information content (AvgIpc) is 3.58. The highest BCUT2D eigenvalue weighted by molar-refractivity contribution is 8.76. The quantitative estimate of drug-likeness (QED) is 0.0201. The number of nitrogens with zero attached hydrogens (tertiary/aromatic N) is 4. The molecule has 0 spiro atoms. The number of unbranched alkanes of at least 4 members (excludes halogenated alkanes) is 23. The molecule has 1 aliphatic heterocycles. The van der Waals surface area contributed by atoms with Crippen molar-refractivity contribution in [3.8, 4) is 0 Å². The molecule has 1 aliphatic rings. The summed E-state index contributed by atoms with van der Waals surface area (Å²) in [6.07, 6.45) is 69.9. The standard InChI is InChI=1S/C76H142N4O6S2/c1-5-9-13-17-21-25-27-29-31-33-35-39-43-47-52-72(81)68-79(69-73(82)53-48-44-40-36-34-32-30-28-26-22-18-14-10-6-2)57-49-50-66-87-88-67-64-78-61-59-77(60-62-78)63-65-86-76(85)56-51-58-80(70-74(83)54-45-41-37-23-19-15-11-7-3)71-75(84)55-46-42-38-24-20-16-12-8-4/h9-10,13-14,21-22,25-26,29-32,72-75,81-84H,5-8,11-12,15-20,23-24,27-28,33-71H2,1-4H3/b13-9-,14-10-,25-21-,26-22-,31-29-,32-30-. The van der Waals surface area contributed by atoms with Crippen LogP contribution in [0.15, 0.2) is 72.9 Å². The van der Waals surface area contributed by atoms with Gasteiger partial charge in [-0.3, -0.25) is 24.4 Å². The SMILES string of the molecule is CC/C=C\C/C=C\C/C=C\CCCCCCC(O)CN(CCCCSSCCN1CCN(CCOC(=O)CCCN(CC(O)CCCCCCCCCC)CC(O)CCCCCCCCCC)CC1)CC(O)CCCCCC/C=C\C/C=C\C/C=C\CC. The first-order valence-corrected chi connectivity index (χ1v) is 39.6. The van der Waals surface area contributed by atoms with E-state index in [1.165, 1.54) is 116 Å². The van der Waals surface area contributed by atoms with E-state index in [2.05, 4.69) is 120 Å². The van der Waals surface area contributed by atoms with Crippen LogP contribution in [0.3, 0.4) is 0 Å². The lowest BCUT2D eigenvalue weighted by molar-refractivity contribution is -0.144. The fourth-order valence-electron chi connectivity index (χ4n) is 11.6. The van der Waals surface area contributed by atoms with Gasteiger partial charge in [0.1, 0.15) is 6.61 Å². The molecule has 1 fully saturated rings. The molecule has 12 heteroatoms. The van der Waals surface area contributed by atoms with Crippen molar-refractivity contribution in [3.05, 3.63) is 72.9 Å². The predicted molar refractivity (Wildman–Crippen MR) is 388 cm³/mol. The molecule has 10 nitrogen and oxygen atoms in total. The van der Waals surface area contributed by atoms with Crippen LogP contribution < -0.4 is 0 Å². The van der Waals surface area contributed by atoms with Gasteiger partial charge < -0.3 is 25.2 Å². The van der Waals surface area contributed by atoms with Gasteiger partial charge in [0.2, 0.25) is 0 Å². The lowest BCUT2D eigenvalue weighted by Gasteiger charge is -2.34. The summed E-state index contributed by atoms with van der Waals surface area (Å²) < 4.78 is 5.74. The van der Waals surface area contributed by atoms with E-state index in [1.807, 2.05) is 21.6 Å². The highest BCUT2D eigenvalue weighted by Crippen LogP contribution is 2.23. The van der Waals surface area contributed by atoms with Crippen LogP contribution >= 0.6 is 21.6 Å². The topological polar surface area (TPSA) is 120 Å². The first-order chi connectivity index (χ1) is 43.2. The van der Waals surface area contributed by atoms with E-state index in [1.54, 1.807) is 0 Å². The smallest absolute Gasteiger partial charge is 0.305 e. The van der Waals surface area contributed by atoms with E-state index < -0.39 is 12.2 Å². The number of rotatable bonds is 66. The summed E-state index contributed by atoms with van der Waals surface area (Å²) in [7, 11) is 3.97. The number of aliphatic hydroxyl groups is 4. The first-order valence-electron chi connectivity index (χ1n) is 37.1. The van der Waals surface area contributed by atoms with E-state index in [4.69, 9.17) is 4.74 Å². The molecule has 4 atom stereocenters. The third kappa shape index (κ3) is 59.3. The Labute approximate surface area is 552 Å². The molecule has 0 radical (unpaired) electrons. The number of allylic oxidation sites excluding steroid dienone is 12. The zero-order valence-corrected chi connectivity index (χ0v) is 59.5. The summed E-state index contributed by atoms with van der Waals surface area (Å²) in [6.45, 7) is 19.2. The minimum atomic E-state index is -0.408. The molecule has 0 aromatic carbocycles. The molecule has 4 unspecified atom stereocenters. The van der Waals surface area contributed by atoms with Gasteiger partial charge in [0, 0.05) is 83.4 Å². The van der Waals surface area contributed by atoms with E-state index in [0.29, 0.717) is 52.2 Å². The molecule has 0 amide bonds. The molecule has 1 rings (SSSR count). The largest absolute Gasteiger partial charge is 0.464 e. The molecule has 514 valence electrons. The summed E-state index contributed by atoms with van der Waals surface area (Å²) in [5.41, 5.74) is 0. The second kappa shape index (κ2) is 66.7. The number of aliphatic hydroxyl groups excluding tert-OH is 4. The number of piperazine rings is 1. The van der Waals surface area contributed by atoms with Crippen LogP contribution in [0, 0.1) is 0 Å². The molecule has 0 aromatic heterocycles. The molecule has 4 N–H and O–H groups in total. The molecule has 0 aromatic rings. The lowest BCUT2D eigenvalue weighted by Crippen LogP contribution is -2.47. The van der Waals surface area contributed by atoms with Crippen molar-refractivity contribution in [3.63, 3.8) is 0 Å². The predicted octanol–water partition coefficient (Wildman–Crippen LogP) is 18.6. The zero-order chi connectivity index (χ0) is 63.7. The third-order valence-corrected chi connectivity index (χ3v) is 19.5. The van der Waals surface area contributed by atoms with Crippen molar-refractivity contribution >= 4 is 27.6 Å². The summed E-state index contributed by atoms with van der Waals surface area (Å²) in [5, 5.41) is 44.4. The molecule has 88 heavy (non-hydrogen) atoms. The van der Waals surface area contributed by atoms with Crippen LogP contribution in [0.4, 0.5) is 0 Å². The van der Waals surface area contributed by atoms with Crippen LogP contribution in [0.1, 0.15) is 285 Å². The molecule has 1 saturated heterocycles.